The van der Waals surface area contributed by atoms with E-state index in [1.54, 1.807) is 0 Å². The zero-order chi connectivity index (χ0) is 18.4. The number of carbonyl (C=O) groups is 2. The number of nitrogens with zero attached hydrogens (tertiary/aromatic N) is 2. The second-order valence-corrected chi connectivity index (χ2v) is 6.23. The summed E-state index contributed by atoms with van der Waals surface area (Å²) in [5, 5.41) is 23.0. The Morgan fingerprint density at radius 2 is 2.04 bits per heavy atom. The predicted molar refractivity (Wildman–Crippen MR) is 88.0 cm³/mol. The van der Waals surface area contributed by atoms with Gasteiger partial charge in [-0.05, 0) is 25.0 Å². The fraction of sp³-hybridized carbons (Fsp3) is 0.438. The smallest absolute Gasteiger partial charge is 0.345 e. The van der Waals surface area contributed by atoms with Gasteiger partial charge in [-0.2, -0.15) is 5.26 Å². The number of nitriles is 1. The fourth-order valence-corrected chi connectivity index (χ4v) is 2.93. The molecular formula is C16H16ClN3O5. The summed E-state index contributed by atoms with van der Waals surface area (Å²) >= 11 is 5.68. The lowest BCUT2D eigenvalue weighted by atomic mass is 9.83. The highest BCUT2D eigenvalue weighted by atomic mass is 35.5. The summed E-state index contributed by atoms with van der Waals surface area (Å²) in [6, 6.07) is 5.64. The molecule has 1 fully saturated rings. The molecule has 0 unspecified atom stereocenters. The molecule has 2 rings (SSSR count). The Morgan fingerprint density at radius 3 is 2.64 bits per heavy atom. The second kappa shape index (κ2) is 7.94. The SMILES string of the molecule is N#CC1(NC(=O)COC(=O)c2ccc(Cl)cc2[N+](=O)[O-])CCCCC1. The van der Waals surface area contributed by atoms with Crippen LogP contribution >= 0.6 is 11.6 Å². The van der Waals surface area contributed by atoms with Gasteiger partial charge in [0.1, 0.15) is 11.1 Å². The van der Waals surface area contributed by atoms with Crippen molar-refractivity contribution in [3.05, 3.63) is 38.9 Å². The molecule has 0 aromatic heterocycles. The average molecular weight is 366 g/mol. The van der Waals surface area contributed by atoms with Gasteiger partial charge >= 0.3 is 5.97 Å². The number of carbonyl (C=O) groups excluding carboxylic acids is 2. The Balaban J connectivity index is 1.99. The van der Waals surface area contributed by atoms with Crippen LogP contribution in [0.25, 0.3) is 0 Å². The number of hydrogen-bond donors (Lipinski definition) is 1. The Morgan fingerprint density at radius 1 is 1.36 bits per heavy atom. The van der Waals surface area contributed by atoms with Crippen molar-refractivity contribution in [1.82, 2.24) is 5.32 Å². The quantitative estimate of drug-likeness (QED) is 0.486. The van der Waals surface area contributed by atoms with Crippen molar-refractivity contribution in [2.45, 2.75) is 37.6 Å². The summed E-state index contributed by atoms with van der Waals surface area (Å²) < 4.78 is 4.84. The van der Waals surface area contributed by atoms with Gasteiger partial charge in [-0.15, -0.1) is 0 Å². The van der Waals surface area contributed by atoms with E-state index in [1.165, 1.54) is 12.1 Å². The third-order valence-electron chi connectivity index (χ3n) is 4.01. The highest BCUT2D eigenvalue weighted by molar-refractivity contribution is 6.31. The van der Waals surface area contributed by atoms with E-state index >= 15 is 0 Å². The minimum Gasteiger partial charge on any atom is -0.452 e. The van der Waals surface area contributed by atoms with E-state index in [2.05, 4.69) is 11.4 Å². The number of ether oxygens (including phenoxy) is 1. The van der Waals surface area contributed by atoms with Gasteiger partial charge in [0.2, 0.25) is 0 Å². The maximum absolute atomic E-state index is 12.0. The van der Waals surface area contributed by atoms with E-state index in [9.17, 15) is 25.0 Å². The van der Waals surface area contributed by atoms with Crippen molar-refractivity contribution in [2.75, 3.05) is 6.61 Å². The molecule has 0 radical (unpaired) electrons. The molecule has 1 aliphatic rings. The maximum atomic E-state index is 12.0. The monoisotopic (exact) mass is 365 g/mol. The van der Waals surface area contributed by atoms with Gasteiger partial charge in [0.05, 0.1) is 11.0 Å². The van der Waals surface area contributed by atoms with Gasteiger partial charge in [0, 0.05) is 11.1 Å². The standard InChI is InChI=1S/C16H16ClN3O5/c17-11-4-5-12(13(8-11)20(23)24)15(22)25-9-14(21)19-16(10-18)6-2-1-3-7-16/h4-5,8H,1-3,6-7,9H2,(H,19,21). The number of esters is 1. The molecule has 1 saturated carbocycles. The number of hydrogen-bond acceptors (Lipinski definition) is 6. The van der Waals surface area contributed by atoms with Crippen LogP contribution in [0.1, 0.15) is 42.5 Å². The van der Waals surface area contributed by atoms with Gasteiger partial charge in [-0.3, -0.25) is 14.9 Å². The lowest BCUT2D eigenvalue weighted by Gasteiger charge is -2.31. The van der Waals surface area contributed by atoms with Crippen LogP contribution < -0.4 is 5.32 Å². The molecule has 132 valence electrons. The van der Waals surface area contributed by atoms with E-state index in [4.69, 9.17) is 16.3 Å². The molecular weight excluding hydrogens is 350 g/mol. The molecule has 1 aliphatic carbocycles. The summed E-state index contributed by atoms with van der Waals surface area (Å²) in [6.45, 7) is -0.623. The average Bonchev–Trinajstić information content (AvgIpc) is 2.60. The molecule has 1 aromatic rings. The van der Waals surface area contributed by atoms with Crippen LogP contribution in [0.15, 0.2) is 18.2 Å². The van der Waals surface area contributed by atoms with E-state index in [0.29, 0.717) is 12.8 Å². The van der Waals surface area contributed by atoms with Crippen LogP contribution in [0.3, 0.4) is 0 Å². The Kier molecular flexibility index (Phi) is 5.93. The minimum atomic E-state index is -1.01. The molecule has 0 heterocycles. The highest BCUT2D eigenvalue weighted by Gasteiger charge is 2.34. The summed E-state index contributed by atoms with van der Waals surface area (Å²) in [5.74, 6) is -1.62. The molecule has 0 aliphatic heterocycles. The van der Waals surface area contributed by atoms with Crippen molar-refractivity contribution in [3.63, 3.8) is 0 Å². The zero-order valence-corrected chi connectivity index (χ0v) is 14.0. The molecule has 0 atom stereocenters. The molecule has 1 amide bonds. The maximum Gasteiger partial charge on any atom is 0.345 e. The largest absolute Gasteiger partial charge is 0.452 e. The number of benzene rings is 1. The van der Waals surface area contributed by atoms with Crippen molar-refractivity contribution in [1.29, 1.82) is 5.26 Å². The van der Waals surface area contributed by atoms with E-state index < -0.39 is 34.6 Å². The molecule has 1 aromatic carbocycles. The molecule has 0 saturated heterocycles. The summed E-state index contributed by atoms with van der Waals surface area (Å²) in [7, 11) is 0. The van der Waals surface area contributed by atoms with Crippen LogP contribution in [-0.4, -0.2) is 28.9 Å². The number of amides is 1. The zero-order valence-electron chi connectivity index (χ0n) is 13.3. The number of nitro groups is 1. The first kappa shape index (κ1) is 18.7. The number of rotatable bonds is 5. The van der Waals surface area contributed by atoms with Gasteiger partial charge in [0.25, 0.3) is 11.6 Å². The number of nitrogens with one attached hydrogen (secondary N) is 1. The minimum absolute atomic E-state index is 0.106. The summed E-state index contributed by atoms with van der Waals surface area (Å²) in [5.41, 5.74) is -1.73. The van der Waals surface area contributed by atoms with Gasteiger partial charge in [-0.25, -0.2) is 4.79 Å². The van der Waals surface area contributed by atoms with Crippen LogP contribution in [0.5, 0.6) is 0 Å². The van der Waals surface area contributed by atoms with E-state index in [0.717, 1.165) is 25.3 Å². The first-order valence-electron chi connectivity index (χ1n) is 7.70. The topological polar surface area (TPSA) is 122 Å². The summed E-state index contributed by atoms with van der Waals surface area (Å²) in [6.07, 6.45) is 3.78. The second-order valence-electron chi connectivity index (χ2n) is 5.80. The lowest BCUT2D eigenvalue weighted by molar-refractivity contribution is -0.385. The van der Waals surface area contributed by atoms with Gasteiger partial charge in [-0.1, -0.05) is 30.9 Å². The number of nitro benzene ring substituents is 1. The predicted octanol–water partition coefficient (Wildman–Crippen LogP) is 2.75. The molecule has 9 heteroatoms. The van der Waals surface area contributed by atoms with Crippen molar-refractivity contribution < 1.29 is 19.2 Å². The van der Waals surface area contributed by atoms with Crippen LogP contribution in [0, 0.1) is 21.4 Å². The van der Waals surface area contributed by atoms with Crippen molar-refractivity contribution in [2.24, 2.45) is 0 Å². The normalized spacial score (nSPS) is 15.7. The third kappa shape index (κ3) is 4.67. The lowest BCUT2D eigenvalue weighted by Crippen LogP contribution is -2.50. The van der Waals surface area contributed by atoms with Gasteiger partial charge < -0.3 is 10.1 Å². The third-order valence-corrected chi connectivity index (χ3v) is 4.25. The van der Waals surface area contributed by atoms with Crippen LogP contribution in [0.2, 0.25) is 5.02 Å². The summed E-state index contributed by atoms with van der Waals surface area (Å²) in [4.78, 5) is 34.2. The molecule has 0 bridgehead atoms. The molecule has 0 spiro atoms. The number of halogens is 1. The fourth-order valence-electron chi connectivity index (χ4n) is 2.76. The van der Waals surface area contributed by atoms with Crippen molar-refractivity contribution in [3.8, 4) is 6.07 Å². The highest BCUT2D eigenvalue weighted by Crippen LogP contribution is 2.27. The van der Waals surface area contributed by atoms with Crippen LogP contribution in [-0.2, 0) is 9.53 Å². The first-order valence-corrected chi connectivity index (χ1v) is 8.08. The first-order chi connectivity index (χ1) is 11.9. The Labute approximate surface area is 148 Å². The van der Waals surface area contributed by atoms with E-state index in [1.807, 2.05) is 0 Å². The van der Waals surface area contributed by atoms with Crippen LogP contribution in [0.4, 0.5) is 5.69 Å². The molecule has 8 nitrogen and oxygen atoms in total. The molecule has 1 N–H and O–H groups in total. The van der Waals surface area contributed by atoms with Gasteiger partial charge in [0.15, 0.2) is 6.61 Å². The molecule has 25 heavy (non-hydrogen) atoms. The van der Waals surface area contributed by atoms with Crippen molar-refractivity contribution >= 4 is 29.2 Å². The van der Waals surface area contributed by atoms with E-state index in [-0.39, 0.29) is 10.6 Å². The Hall–Kier alpha value is -2.66. The Bertz CT molecular complexity index is 738.